The minimum atomic E-state index is -0.153. The Kier molecular flexibility index (Phi) is 5.03. The number of alkyl halides is 1. The summed E-state index contributed by atoms with van der Waals surface area (Å²) in [6, 6.07) is 0. The van der Waals surface area contributed by atoms with E-state index in [1.165, 1.54) is 11.5 Å². The van der Waals surface area contributed by atoms with Gasteiger partial charge in [-0.15, -0.1) is 5.10 Å². The molecule has 0 aromatic carbocycles. The molecule has 1 heterocycles. The molecule has 4 nitrogen and oxygen atoms in total. The molecule has 14 heavy (non-hydrogen) atoms. The van der Waals surface area contributed by atoms with Gasteiger partial charge >= 0.3 is 0 Å². The summed E-state index contributed by atoms with van der Waals surface area (Å²) in [7, 11) is 0. The van der Waals surface area contributed by atoms with Crippen molar-refractivity contribution in [2.45, 2.75) is 24.6 Å². The van der Waals surface area contributed by atoms with E-state index < -0.39 is 0 Å². The van der Waals surface area contributed by atoms with Gasteiger partial charge in [0.15, 0.2) is 5.69 Å². The van der Waals surface area contributed by atoms with Crippen molar-refractivity contribution in [1.29, 1.82) is 0 Å². The zero-order valence-electron chi connectivity index (χ0n) is 7.86. The number of hydrogen-bond donors (Lipinski definition) is 1. The normalized spacial score (nSPS) is 12.4. The van der Waals surface area contributed by atoms with Crippen molar-refractivity contribution in [3.05, 3.63) is 11.1 Å². The molecule has 0 bridgehead atoms. The maximum atomic E-state index is 11.4. The number of hydrogen-bond acceptors (Lipinski definition) is 4. The Bertz CT molecular complexity index is 278. The van der Waals surface area contributed by atoms with Gasteiger partial charge in [0, 0.05) is 16.8 Å². The molecule has 0 saturated heterocycles. The van der Waals surface area contributed by atoms with Gasteiger partial charge in [-0.2, -0.15) is 0 Å². The third-order valence-corrected chi connectivity index (χ3v) is 2.96. The van der Waals surface area contributed by atoms with Crippen LogP contribution in [0.2, 0.25) is 0 Å². The average Bonchev–Trinajstić information content (AvgIpc) is 2.67. The summed E-state index contributed by atoms with van der Waals surface area (Å²) in [4.78, 5) is 11.7. The Labute approximate surface area is 95.4 Å². The van der Waals surface area contributed by atoms with Crippen molar-refractivity contribution in [2.75, 3.05) is 6.54 Å². The summed E-state index contributed by atoms with van der Waals surface area (Å²) >= 11 is 4.66. The molecule has 78 valence electrons. The van der Waals surface area contributed by atoms with Crippen LogP contribution in [0.5, 0.6) is 0 Å². The molecule has 1 aromatic rings. The van der Waals surface area contributed by atoms with Crippen LogP contribution >= 0.6 is 27.5 Å². The number of aromatic nitrogens is 2. The zero-order chi connectivity index (χ0) is 10.4. The lowest BCUT2D eigenvalue weighted by molar-refractivity contribution is 0.0948. The molecule has 0 saturated carbocycles. The SMILES string of the molecule is CCCC(Br)CNC(=O)c1csnn1. The Hall–Kier alpha value is -0.490. The van der Waals surface area contributed by atoms with Gasteiger partial charge in [-0.25, -0.2) is 0 Å². The highest BCUT2D eigenvalue weighted by Crippen LogP contribution is 2.06. The fourth-order valence-corrected chi connectivity index (χ4v) is 2.03. The van der Waals surface area contributed by atoms with Crippen LogP contribution in [-0.2, 0) is 0 Å². The quantitative estimate of drug-likeness (QED) is 0.836. The lowest BCUT2D eigenvalue weighted by Gasteiger charge is -2.08. The van der Waals surface area contributed by atoms with Crippen LogP contribution in [0.15, 0.2) is 5.38 Å². The van der Waals surface area contributed by atoms with Crippen molar-refractivity contribution < 1.29 is 4.79 Å². The van der Waals surface area contributed by atoms with Gasteiger partial charge in [0.2, 0.25) is 0 Å². The second kappa shape index (κ2) is 6.08. The topological polar surface area (TPSA) is 54.9 Å². The second-order valence-electron chi connectivity index (χ2n) is 2.89. The molecular weight excluding hydrogens is 266 g/mol. The highest BCUT2D eigenvalue weighted by Gasteiger charge is 2.10. The summed E-state index contributed by atoms with van der Waals surface area (Å²) < 4.78 is 3.63. The molecular formula is C8H12BrN3OS. The fraction of sp³-hybridized carbons (Fsp3) is 0.625. The molecule has 0 fully saturated rings. The number of amides is 1. The fourth-order valence-electron chi connectivity index (χ4n) is 0.973. The summed E-state index contributed by atoms with van der Waals surface area (Å²) in [5.41, 5.74) is 0.395. The standard InChI is InChI=1S/C8H12BrN3OS/c1-2-3-6(9)4-10-8(13)7-5-14-12-11-7/h5-6H,2-4H2,1H3,(H,10,13). The first-order chi connectivity index (χ1) is 6.74. The molecule has 0 spiro atoms. The van der Waals surface area contributed by atoms with Gasteiger partial charge in [0.05, 0.1) is 0 Å². The molecule has 0 radical (unpaired) electrons. The Morgan fingerprint density at radius 2 is 2.57 bits per heavy atom. The maximum absolute atomic E-state index is 11.4. The number of nitrogens with one attached hydrogen (secondary N) is 1. The van der Waals surface area contributed by atoms with E-state index >= 15 is 0 Å². The van der Waals surface area contributed by atoms with Gasteiger partial charge in [0.25, 0.3) is 5.91 Å². The van der Waals surface area contributed by atoms with E-state index in [-0.39, 0.29) is 5.91 Å². The van der Waals surface area contributed by atoms with Crippen molar-refractivity contribution in [2.24, 2.45) is 0 Å². The Morgan fingerprint density at radius 1 is 1.79 bits per heavy atom. The van der Waals surface area contributed by atoms with E-state index in [0.717, 1.165) is 12.8 Å². The minimum absolute atomic E-state index is 0.153. The maximum Gasteiger partial charge on any atom is 0.272 e. The van der Waals surface area contributed by atoms with Gasteiger partial charge < -0.3 is 5.32 Å². The minimum Gasteiger partial charge on any atom is -0.349 e. The number of carbonyl (C=O) groups is 1. The molecule has 0 aliphatic rings. The predicted molar refractivity (Wildman–Crippen MR) is 59.9 cm³/mol. The van der Waals surface area contributed by atoms with Gasteiger partial charge in [-0.05, 0) is 18.0 Å². The van der Waals surface area contributed by atoms with Crippen LogP contribution in [0, 0.1) is 0 Å². The number of carbonyl (C=O) groups excluding carboxylic acids is 1. The summed E-state index contributed by atoms with van der Waals surface area (Å²) in [5.74, 6) is -0.153. The third kappa shape index (κ3) is 3.71. The average molecular weight is 278 g/mol. The molecule has 1 rings (SSSR count). The summed E-state index contributed by atoms with van der Waals surface area (Å²) in [6.07, 6.45) is 2.15. The van der Waals surface area contributed by atoms with Crippen LogP contribution in [0.4, 0.5) is 0 Å². The Morgan fingerprint density at radius 3 is 3.14 bits per heavy atom. The van der Waals surface area contributed by atoms with Crippen LogP contribution in [-0.4, -0.2) is 26.9 Å². The van der Waals surface area contributed by atoms with Crippen molar-refractivity contribution in [3.8, 4) is 0 Å². The molecule has 0 aliphatic heterocycles. The number of rotatable bonds is 5. The molecule has 0 aliphatic carbocycles. The smallest absolute Gasteiger partial charge is 0.272 e. The van der Waals surface area contributed by atoms with Gasteiger partial charge in [-0.3, -0.25) is 4.79 Å². The van der Waals surface area contributed by atoms with Crippen molar-refractivity contribution in [3.63, 3.8) is 0 Å². The van der Waals surface area contributed by atoms with E-state index in [2.05, 4.69) is 37.8 Å². The highest BCUT2D eigenvalue weighted by molar-refractivity contribution is 9.09. The van der Waals surface area contributed by atoms with E-state index in [4.69, 9.17) is 0 Å². The van der Waals surface area contributed by atoms with E-state index in [1.807, 2.05) is 0 Å². The van der Waals surface area contributed by atoms with E-state index in [9.17, 15) is 4.79 Å². The third-order valence-electron chi connectivity index (χ3n) is 1.68. The first-order valence-electron chi connectivity index (χ1n) is 4.43. The highest BCUT2D eigenvalue weighted by atomic mass is 79.9. The van der Waals surface area contributed by atoms with Crippen LogP contribution in [0.3, 0.4) is 0 Å². The zero-order valence-corrected chi connectivity index (χ0v) is 10.3. The van der Waals surface area contributed by atoms with Crippen LogP contribution in [0.1, 0.15) is 30.3 Å². The van der Waals surface area contributed by atoms with Crippen LogP contribution in [0.25, 0.3) is 0 Å². The number of halogens is 1. The first-order valence-corrected chi connectivity index (χ1v) is 6.18. The van der Waals surface area contributed by atoms with Gasteiger partial charge in [0.1, 0.15) is 0 Å². The molecule has 1 N–H and O–H groups in total. The van der Waals surface area contributed by atoms with E-state index in [1.54, 1.807) is 5.38 Å². The predicted octanol–water partition coefficient (Wildman–Crippen LogP) is 1.83. The largest absolute Gasteiger partial charge is 0.349 e. The molecule has 6 heteroatoms. The van der Waals surface area contributed by atoms with Crippen LogP contribution < -0.4 is 5.32 Å². The lowest BCUT2D eigenvalue weighted by atomic mass is 10.2. The monoisotopic (exact) mass is 277 g/mol. The number of nitrogens with zero attached hydrogens (tertiary/aromatic N) is 2. The summed E-state index contributed by atoms with van der Waals surface area (Å²) in [6.45, 7) is 2.74. The molecule has 1 amide bonds. The van der Waals surface area contributed by atoms with E-state index in [0.29, 0.717) is 17.1 Å². The van der Waals surface area contributed by atoms with Crippen molar-refractivity contribution >= 4 is 33.4 Å². The molecule has 1 unspecified atom stereocenters. The molecule has 1 atom stereocenters. The van der Waals surface area contributed by atoms with Crippen molar-refractivity contribution in [1.82, 2.24) is 14.9 Å². The second-order valence-corrected chi connectivity index (χ2v) is 4.79. The molecule has 1 aromatic heterocycles. The lowest BCUT2D eigenvalue weighted by Crippen LogP contribution is -2.29. The first kappa shape index (κ1) is 11.6. The summed E-state index contributed by atoms with van der Waals surface area (Å²) in [5, 5.41) is 8.11. The van der Waals surface area contributed by atoms with Gasteiger partial charge in [-0.1, -0.05) is 33.8 Å². The Balaban J connectivity index is 2.28.